The summed E-state index contributed by atoms with van der Waals surface area (Å²) in [5, 5.41) is 0. The Hall–Kier alpha value is -1.67. The fraction of sp³-hybridized carbons (Fsp3) is 0.647. The van der Waals surface area contributed by atoms with Gasteiger partial charge in [0, 0.05) is 45.5 Å². The van der Waals surface area contributed by atoms with Crippen molar-refractivity contribution in [1.29, 1.82) is 0 Å². The number of hydrogen-bond acceptors (Lipinski definition) is 4. The van der Waals surface area contributed by atoms with Crippen LogP contribution >= 0.6 is 0 Å². The number of ether oxygens (including phenoxy) is 1. The molecule has 3 fully saturated rings. The fourth-order valence-corrected chi connectivity index (χ4v) is 3.69. The Balaban J connectivity index is 1.67. The molecular weight excluding hydrogens is 335 g/mol. The number of hydrogen-bond donors (Lipinski definition) is 0. The lowest BCUT2D eigenvalue weighted by Crippen LogP contribution is -2.49. The molecule has 2 atom stereocenters. The van der Waals surface area contributed by atoms with Crippen LogP contribution in [0.1, 0.15) is 24.1 Å². The summed E-state index contributed by atoms with van der Waals surface area (Å²) in [7, 11) is 1.62. The summed E-state index contributed by atoms with van der Waals surface area (Å²) in [5.41, 5.74) is -0.154. The van der Waals surface area contributed by atoms with Gasteiger partial charge in [-0.2, -0.15) is 13.2 Å². The van der Waals surface area contributed by atoms with Crippen LogP contribution in [0, 0.1) is 5.92 Å². The summed E-state index contributed by atoms with van der Waals surface area (Å²) in [5.74, 6) is 0.124. The molecule has 0 aliphatic carbocycles. The summed E-state index contributed by atoms with van der Waals surface area (Å²) >= 11 is 0. The standard InChI is InChI=1S/C17H22F3N3O2/c1-25-7-6-23-14-4-3-13(16(23)24)10-22(11-14)9-12-2-5-15(21-8-12)17(18,19)20/h2,5,8,13-14H,3-4,6-7,9-11H2,1H3/t13-,14+/m0/s1. The van der Waals surface area contributed by atoms with E-state index in [-0.39, 0.29) is 17.9 Å². The highest BCUT2D eigenvalue weighted by Gasteiger charge is 2.40. The van der Waals surface area contributed by atoms with Gasteiger partial charge in [-0.15, -0.1) is 0 Å². The van der Waals surface area contributed by atoms with E-state index in [0.29, 0.717) is 26.2 Å². The average Bonchev–Trinajstić information content (AvgIpc) is 2.83. The highest BCUT2D eigenvalue weighted by Crippen LogP contribution is 2.30. The van der Waals surface area contributed by atoms with Crippen LogP contribution in [0.5, 0.6) is 0 Å². The van der Waals surface area contributed by atoms with E-state index in [1.807, 2.05) is 4.90 Å². The Morgan fingerprint density at radius 1 is 1.28 bits per heavy atom. The van der Waals surface area contributed by atoms with Gasteiger partial charge in [-0.1, -0.05) is 6.07 Å². The lowest BCUT2D eigenvalue weighted by atomic mass is 9.94. The van der Waals surface area contributed by atoms with E-state index in [4.69, 9.17) is 4.74 Å². The van der Waals surface area contributed by atoms with Crippen molar-refractivity contribution in [2.45, 2.75) is 31.6 Å². The van der Waals surface area contributed by atoms with E-state index in [2.05, 4.69) is 9.88 Å². The third kappa shape index (κ3) is 4.12. The van der Waals surface area contributed by atoms with Gasteiger partial charge in [0.1, 0.15) is 5.69 Å². The minimum absolute atomic E-state index is 0.0435. The van der Waals surface area contributed by atoms with Gasteiger partial charge in [0.25, 0.3) is 0 Å². The number of piperidine rings is 1. The van der Waals surface area contributed by atoms with Crippen molar-refractivity contribution in [3.63, 3.8) is 0 Å². The molecule has 1 amide bonds. The molecule has 138 valence electrons. The topological polar surface area (TPSA) is 45.7 Å². The highest BCUT2D eigenvalue weighted by atomic mass is 19.4. The van der Waals surface area contributed by atoms with E-state index in [0.717, 1.165) is 31.0 Å². The maximum absolute atomic E-state index is 12.6. The minimum Gasteiger partial charge on any atom is -0.383 e. The first-order valence-corrected chi connectivity index (χ1v) is 8.42. The lowest BCUT2D eigenvalue weighted by molar-refractivity contribution is -0.141. The van der Waals surface area contributed by atoms with Crippen LogP contribution < -0.4 is 0 Å². The molecule has 0 spiro atoms. The maximum atomic E-state index is 12.6. The van der Waals surface area contributed by atoms with Crippen LogP contribution in [0.2, 0.25) is 0 Å². The van der Waals surface area contributed by atoms with Gasteiger partial charge in [-0.05, 0) is 24.5 Å². The molecule has 5 nitrogen and oxygen atoms in total. The SMILES string of the molecule is COCCN1C(=O)[C@H]2CC[C@@H]1CN(Cc1ccc(C(F)(F)F)nc1)C2. The van der Waals surface area contributed by atoms with Gasteiger partial charge in [-0.3, -0.25) is 14.7 Å². The van der Waals surface area contributed by atoms with Crippen molar-refractivity contribution in [3.05, 3.63) is 29.6 Å². The Morgan fingerprint density at radius 3 is 2.72 bits per heavy atom. The number of fused-ring (bicyclic) bond motifs is 4. The average molecular weight is 357 g/mol. The molecule has 0 radical (unpaired) electrons. The molecule has 1 aromatic rings. The summed E-state index contributed by atoms with van der Waals surface area (Å²) in [6.07, 6.45) is -1.31. The van der Waals surface area contributed by atoms with Crippen molar-refractivity contribution in [2.75, 3.05) is 33.4 Å². The number of alkyl halides is 3. The van der Waals surface area contributed by atoms with Gasteiger partial charge in [0.2, 0.25) is 5.91 Å². The largest absolute Gasteiger partial charge is 0.433 e. The zero-order chi connectivity index (χ0) is 18.0. The van der Waals surface area contributed by atoms with Crippen LogP contribution in [0.15, 0.2) is 18.3 Å². The molecule has 8 heteroatoms. The minimum atomic E-state index is -4.42. The molecule has 3 aliphatic rings. The van der Waals surface area contributed by atoms with Gasteiger partial charge in [0.05, 0.1) is 12.5 Å². The van der Waals surface area contributed by atoms with Gasteiger partial charge in [0.15, 0.2) is 0 Å². The maximum Gasteiger partial charge on any atom is 0.433 e. The molecule has 0 unspecified atom stereocenters. The first kappa shape index (κ1) is 18.1. The Morgan fingerprint density at radius 2 is 2.08 bits per heavy atom. The summed E-state index contributed by atoms with van der Waals surface area (Å²) in [4.78, 5) is 20.1. The number of amides is 1. The molecule has 0 N–H and O–H groups in total. The second-order valence-corrected chi connectivity index (χ2v) is 6.70. The zero-order valence-electron chi connectivity index (χ0n) is 14.1. The second kappa shape index (κ2) is 7.29. The van der Waals surface area contributed by atoms with Crippen molar-refractivity contribution in [2.24, 2.45) is 5.92 Å². The van der Waals surface area contributed by atoms with Crippen molar-refractivity contribution >= 4 is 5.91 Å². The van der Waals surface area contributed by atoms with Crippen LogP contribution in [-0.2, 0) is 22.3 Å². The third-order valence-electron chi connectivity index (χ3n) is 4.93. The molecule has 0 aromatic carbocycles. The van der Waals surface area contributed by atoms with Crippen molar-refractivity contribution in [3.8, 4) is 0 Å². The summed E-state index contributed by atoms with van der Waals surface area (Å²) < 4.78 is 42.9. The Kier molecular flexibility index (Phi) is 5.29. The van der Waals surface area contributed by atoms with E-state index < -0.39 is 11.9 Å². The zero-order valence-corrected chi connectivity index (χ0v) is 14.1. The number of halogens is 3. The monoisotopic (exact) mass is 357 g/mol. The molecular formula is C17H22F3N3O2. The van der Waals surface area contributed by atoms with Gasteiger partial charge in [-0.25, -0.2) is 0 Å². The number of carbonyl (C=O) groups excluding carboxylic acids is 1. The van der Waals surface area contributed by atoms with Crippen LogP contribution in [0.25, 0.3) is 0 Å². The van der Waals surface area contributed by atoms with Crippen LogP contribution in [-0.4, -0.2) is 60.1 Å². The first-order chi connectivity index (χ1) is 11.9. The Labute approximate surface area is 144 Å². The van der Waals surface area contributed by atoms with Gasteiger partial charge >= 0.3 is 6.18 Å². The molecule has 1 aromatic heterocycles. The smallest absolute Gasteiger partial charge is 0.383 e. The number of methoxy groups -OCH3 is 1. The molecule has 0 saturated carbocycles. The number of rotatable bonds is 5. The molecule has 2 bridgehead atoms. The van der Waals surface area contributed by atoms with Gasteiger partial charge < -0.3 is 9.64 Å². The van der Waals surface area contributed by atoms with E-state index in [9.17, 15) is 18.0 Å². The van der Waals surface area contributed by atoms with Crippen molar-refractivity contribution < 1.29 is 22.7 Å². The second-order valence-electron chi connectivity index (χ2n) is 6.70. The predicted octanol–water partition coefficient (Wildman–Crippen LogP) is 2.17. The van der Waals surface area contributed by atoms with Crippen molar-refractivity contribution in [1.82, 2.24) is 14.8 Å². The Bertz CT molecular complexity index is 606. The normalized spacial score (nSPS) is 24.6. The molecule has 25 heavy (non-hydrogen) atoms. The molecule has 3 saturated heterocycles. The molecule has 4 rings (SSSR count). The van der Waals surface area contributed by atoms with Crippen LogP contribution in [0.3, 0.4) is 0 Å². The van der Waals surface area contributed by atoms with E-state index in [1.165, 1.54) is 12.3 Å². The number of carbonyl (C=O) groups is 1. The summed E-state index contributed by atoms with van der Waals surface area (Å²) in [6, 6.07) is 2.62. The van der Waals surface area contributed by atoms with E-state index in [1.54, 1.807) is 7.11 Å². The van der Waals surface area contributed by atoms with E-state index >= 15 is 0 Å². The van der Waals surface area contributed by atoms with Crippen LogP contribution in [0.4, 0.5) is 13.2 Å². The number of nitrogens with zero attached hydrogens (tertiary/aromatic N) is 3. The molecule has 3 aliphatic heterocycles. The fourth-order valence-electron chi connectivity index (χ4n) is 3.69. The predicted molar refractivity (Wildman–Crippen MR) is 84.6 cm³/mol. The third-order valence-corrected chi connectivity index (χ3v) is 4.93. The quantitative estimate of drug-likeness (QED) is 0.810. The number of aromatic nitrogens is 1. The summed E-state index contributed by atoms with van der Waals surface area (Å²) in [6.45, 7) is 2.97. The number of pyridine rings is 1. The highest BCUT2D eigenvalue weighted by molar-refractivity contribution is 5.80. The molecule has 4 heterocycles. The lowest BCUT2D eigenvalue weighted by Gasteiger charge is -2.35. The first-order valence-electron chi connectivity index (χ1n) is 8.42.